The summed E-state index contributed by atoms with van der Waals surface area (Å²) >= 11 is 1.01. The van der Waals surface area contributed by atoms with Gasteiger partial charge in [0.1, 0.15) is 5.75 Å². The number of methoxy groups -OCH3 is 1. The summed E-state index contributed by atoms with van der Waals surface area (Å²) in [5, 5.41) is -0.0572. The second kappa shape index (κ2) is 5.56. The maximum Gasteiger partial charge on any atom is 0.186 e. The zero-order valence-electron chi connectivity index (χ0n) is 8.65. The van der Waals surface area contributed by atoms with Crippen LogP contribution in [0.3, 0.4) is 0 Å². The predicted octanol–water partition coefficient (Wildman–Crippen LogP) is 2.16. The Kier molecular flexibility index (Phi) is 4.37. The second-order valence-corrected chi connectivity index (χ2v) is 4.06. The maximum absolute atomic E-state index is 11.7. The number of rotatable bonds is 4. The van der Waals surface area contributed by atoms with Crippen LogP contribution in [-0.2, 0) is 4.79 Å². The van der Waals surface area contributed by atoms with E-state index in [1.807, 2.05) is 0 Å². The number of Topliss-reactive ketones (excluding diaryl/α,β-unsaturated/α-hetero) is 1. The maximum atomic E-state index is 11.7. The molecule has 0 aliphatic carbocycles. The molecule has 0 heterocycles. The normalized spacial score (nSPS) is 9.73. The highest BCUT2D eigenvalue weighted by molar-refractivity contribution is 8.14. The van der Waals surface area contributed by atoms with Crippen LogP contribution in [0, 0.1) is 0 Å². The molecule has 0 aliphatic rings. The molecular weight excluding hydrogens is 212 g/mol. The van der Waals surface area contributed by atoms with Gasteiger partial charge in [-0.25, -0.2) is 0 Å². The Morgan fingerprint density at radius 1 is 1.33 bits per heavy atom. The first kappa shape index (κ1) is 11.8. The van der Waals surface area contributed by atoms with Crippen LogP contribution in [0.5, 0.6) is 5.75 Å². The summed E-state index contributed by atoms with van der Waals surface area (Å²) in [7, 11) is 1.52. The molecule has 0 spiro atoms. The van der Waals surface area contributed by atoms with Gasteiger partial charge in [-0.15, -0.1) is 0 Å². The average molecular weight is 224 g/mol. The van der Waals surface area contributed by atoms with Gasteiger partial charge in [0.15, 0.2) is 10.9 Å². The van der Waals surface area contributed by atoms with E-state index in [1.165, 1.54) is 14.0 Å². The first-order valence-corrected chi connectivity index (χ1v) is 5.43. The van der Waals surface area contributed by atoms with Gasteiger partial charge < -0.3 is 4.74 Å². The van der Waals surface area contributed by atoms with Crippen LogP contribution in [0.2, 0.25) is 0 Å². The number of ether oxygens (including phenoxy) is 1. The average Bonchev–Trinajstić information content (AvgIpc) is 2.25. The molecule has 0 atom stereocenters. The lowest BCUT2D eigenvalue weighted by molar-refractivity contribution is -0.109. The van der Waals surface area contributed by atoms with Crippen molar-refractivity contribution in [3.8, 4) is 5.75 Å². The van der Waals surface area contributed by atoms with Crippen molar-refractivity contribution in [3.05, 3.63) is 29.8 Å². The lowest BCUT2D eigenvalue weighted by Crippen LogP contribution is -2.05. The van der Waals surface area contributed by atoms with Crippen molar-refractivity contribution in [1.82, 2.24) is 0 Å². The fraction of sp³-hybridized carbons (Fsp3) is 0.273. The molecule has 0 fully saturated rings. The SMILES string of the molecule is COc1ccccc1C(=O)CSC(C)=O. The van der Waals surface area contributed by atoms with Crippen molar-refractivity contribution in [2.45, 2.75) is 6.92 Å². The molecule has 0 aromatic heterocycles. The Bertz CT molecular complexity index is 374. The highest BCUT2D eigenvalue weighted by atomic mass is 32.2. The number of carbonyl (C=O) groups is 2. The van der Waals surface area contributed by atoms with Crippen LogP contribution in [-0.4, -0.2) is 23.8 Å². The van der Waals surface area contributed by atoms with E-state index in [9.17, 15) is 9.59 Å². The lowest BCUT2D eigenvalue weighted by atomic mass is 10.1. The Balaban J connectivity index is 2.77. The molecule has 4 heteroatoms. The third-order valence-electron chi connectivity index (χ3n) is 1.81. The Morgan fingerprint density at radius 3 is 2.60 bits per heavy atom. The Hall–Kier alpha value is -1.29. The molecule has 0 saturated carbocycles. The first-order chi connectivity index (χ1) is 7.15. The molecule has 15 heavy (non-hydrogen) atoms. The van der Waals surface area contributed by atoms with Crippen molar-refractivity contribution < 1.29 is 14.3 Å². The molecule has 0 radical (unpaired) electrons. The van der Waals surface area contributed by atoms with Gasteiger partial charge in [0, 0.05) is 6.92 Å². The van der Waals surface area contributed by atoms with Gasteiger partial charge in [-0.05, 0) is 12.1 Å². The van der Waals surface area contributed by atoms with E-state index in [1.54, 1.807) is 24.3 Å². The van der Waals surface area contributed by atoms with Crippen LogP contribution in [0.15, 0.2) is 24.3 Å². The molecule has 80 valence electrons. The number of para-hydroxylation sites is 1. The summed E-state index contributed by atoms with van der Waals surface area (Å²) in [5.41, 5.74) is 0.522. The molecule has 0 N–H and O–H groups in total. The quantitative estimate of drug-likeness (QED) is 0.735. The molecule has 0 saturated heterocycles. The van der Waals surface area contributed by atoms with E-state index in [0.29, 0.717) is 11.3 Å². The van der Waals surface area contributed by atoms with Crippen LogP contribution in [0.4, 0.5) is 0 Å². The topological polar surface area (TPSA) is 43.4 Å². The standard InChI is InChI=1S/C11H12O3S/c1-8(12)15-7-10(13)9-5-3-4-6-11(9)14-2/h3-6H,7H2,1-2H3. The lowest BCUT2D eigenvalue weighted by Gasteiger charge is -2.05. The minimum absolute atomic E-state index is 0.0572. The summed E-state index contributed by atoms with van der Waals surface area (Å²) in [5.74, 6) is 0.620. The van der Waals surface area contributed by atoms with E-state index in [-0.39, 0.29) is 16.7 Å². The Morgan fingerprint density at radius 2 is 2.00 bits per heavy atom. The highest BCUT2D eigenvalue weighted by Gasteiger charge is 2.11. The van der Waals surface area contributed by atoms with Gasteiger partial charge in [0.25, 0.3) is 0 Å². The van der Waals surface area contributed by atoms with Gasteiger partial charge in [0.2, 0.25) is 0 Å². The van der Waals surface area contributed by atoms with Crippen molar-refractivity contribution in [2.24, 2.45) is 0 Å². The zero-order valence-corrected chi connectivity index (χ0v) is 9.47. The van der Waals surface area contributed by atoms with Crippen molar-refractivity contribution in [1.29, 1.82) is 0 Å². The van der Waals surface area contributed by atoms with Crippen LogP contribution < -0.4 is 4.74 Å². The van der Waals surface area contributed by atoms with Gasteiger partial charge in [0.05, 0.1) is 18.4 Å². The molecule has 1 rings (SSSR count). The number of hydrogen-bond acceptors (Lipinski definition) is 4. The molecule has 1 aromatic rings. The fourth-order valence-electron chi connectivity index (χ4n) is 1.12. The molecule has 3 nitrogen and oxygen atoms in total. The largest absolute Gasteiger partial charge is 0.496 e. The van der Waals surface area contributed by atoms with E-state index >= 15 is 0 Å². The van der Waals surface area contributed by atoms with Gasteiger partial charge in [-0.3, -0.25) is 9.59 Å². The molecular formula is C11H12O3S. The third-order valence-corrected chi connectivity index (χ3v) is 2.63. The third kappa shape index (κ3) is 3.40. The first-order valence-electron chi connectivity index (χ1n) is 4.44. The van der Waals surface area contributed by atoms with E-state index in [4.69, 9.17) is 4.74 Å². The monoisotopic (exact) mass is 224 g/mol. The zero-order chi connectivity index (χ0) is 11.3. The van der Waals surface area contributed by atoms with Crippen molar-refractivity contribution >= 4 is 22.7 Å². The summed E-state index contributed by atoms with van der Waals surface area (Å²) in [6.45, 7) is 1.44. The molecule has 0 bridgehead atoms. The van der Waals surface area contributed by atoms with E-state index in [0.717, 1.165) is 11.8 Å². The van der Waals surface area contributed by atoms with E-state index < -0.39 is 0 Å². The van der Waals surface area contributed by atoms with Crippen molar-refractivity contribution in [2.75, 3.05) is 12.9 Å². The van der Waals surface area contributed by atoms with E-state index in [2.05, 4.69) is 0 Å². The van der Waals surface area contributed by atoms with Gasteiger partial charge in [-0.2, -0.15) is 0 Å². The fourth-order valence-corrected chi connectivity index (χ4v) is 1.61. The molecule has 0 aliphatic heterocycles. The molecule has 0 unspecified atom stereocenters. The predicted molar refractivity (Wildman–Crippen MR) is 60.5 cm³/mol. The van der Waals surface area contributed by atoms with Crippen molar-refractivity contribution in [3.63, 3.8) is 0 Å². The number of hydrogen-bond donors (Lipinski definition) is 0. The van der Waals surface area contributed by atoms with Crippen LogP contribution in [0.25, 0.3) is 0 Å². The second-order valence-electron chi connectivity index (χ2n) is 2.90. The van der Waals surface area contributed by atoms with Gasteiger partial charge in [-0.1, -0.05) is 23.9 Å². The van der Waals surface area contributed by atoms with Gasteiger partial charge >= 0.3 is 0 Å². The number of ketones is 1. The molecule has 0 amide bonds. The summed E-state index contributed by atoms with van der Waals surface area (Å²) in [6.07, 6.45) is 0. The van der Waals surface area contributed by atoms with Crippen LogP contribution in [0.1, 0.15) is 17.3 Å². The minimum Gasteiger partial charge on any atom is -0.496 e. The molecule has 1 aromatic carbocycles. The summed E-state index contributed by atoms with van der Waals surface area (Å²) in [6, 6.07) is 7.00. The highest BCUT2D eigenvalue weighted by Crippen LogP contribution is 2.19. The summed E-state index contributed by atoms with van der Waals surface area (Å²) in [4.78, 5) is 22.4. The number of thioether (sulfide) groups is 1. The van der Waals surface area contributed by atoms with Crippen LogP contribution >= 0.6 is 11.8 Å². The number of benzene rings is 1. The summed E-state index contributed by atoms with van der Waals surface area (Å²) < 4.78 is 5.06. The number of carbonyl (C=O) groups excluding carboxylic acids is 2. The smallest absolute Gasteiger partial charge is 0.186 e. The minimum atomic E-state index is -0.0901. The Labute approximate surface area is 92.8 Å².